The average molecular weight is 452 g/mol. The number of nitrogens with zero attached hydrogens (tertiary/aromatic N) is 3. The first-order chi connectivity index (χ1) is 14.7. The molecule has 0 aliphatic carbocycles. The first-order valence-corrected chi connectivity index (χ1v) is 9.45. The van der Waals surface area contributed by atoms with Gasteiger partial charge < -0.3 is 10.6 Å². The molecule has 0 spiro atoms. The molecule has 2 heterocycles. The number of hydrogen-bond donors (Lipinski definition) is 2. The van der Waals surface area contributed by atoms with E-state index < -0.39 is 29.2 Å². The Morgan fingerprint density at radius 3 is 2.35 bits per heavy atom. The summed E-state index contributed by atoms with van der Waals surface area (Å²) in [5.41, 5.74) is -0.624. The number of para-hydroxylation sites is 1. The van der Waals surface area contributed by atoms with Gasteiger partial charge in [-0.1, -0.05) is 29.8 Å². The Hall–Kier alpha value is -3.40. The molecule has 31 heavy (non-hydrogen) atoms. The van der Waals surface area contributed by atoms with Crippen molar-refractivity contribution in [3.8, 4) is 5.69 Å². The summed E-state index contributed by atoms with van der Waals surface area (Å²) in [7, 11) is 0. The van der Waals surface area contributed by atoms with Crippen LogP contribution in [0.2, 0.25) is 5.15 Å². The number of carbonyl (C=O) groups excluding carboxylic acids is 2. The van der Waals surface area contributed by atoms with Crippen LogP contribution in [0.3, 0.4) is 0 Å². The van der Waals surface area contributed by atoms with Gasteiger partial charge >= 0.3 is 6.18 Å². The minimum absolute atomic E-state index is 0.000418. The van der Waals surface area contributed by atoms with Crippen molar-refractivity contribution < 1.29 is 22.8 Å². The number of rotatable bonds is 6. The van der Waals surface area contributed by atoms with E-state index in [1.54, 1.807) is 43.3 Å². The third-order valence-electron chi connectivity index (χ3n) is 4.22. The second kappa shape index (κ2) is 9.17. The maximum atomic E-state index is 13.4. The number of hydrogen-bond acceptors (Lipinski definition) is 4. The SMILES string of the molecule is Cc1cc(C(=O)NCCNC(=O)c2cn(-c3ccccc3)nc2C(F)(F)F)cnc1Cl. The summed E-state index contributed by atoms with van der Waals surface area (Å²) in [6, 6.07) is 9.68. The first-order valence-electron chi connectivity index (χ1n) is 9.07. The minimum Gasteiger partial charge on any atom is -0.350 e. The fourth-order valence-electron chi connectivity index (χ4n) is 2.69. The van der Waals surface area contributed by atoms with Crippen molar-refractivity contribution in [3.05, 3.63) is 76.3 Å². The quantitative estimate of drug-likeness (QED) is 0.444. The normalized spacial score (nSPS) is 11.3. The summed E-state index contributed by atoms with van der Waals surface area (Å²) in [5, 5.41) is 8.71. The largest absolute Gasteiger partial charge is 0.435 e. The van der Waals surface area contributed by atoms with E-state index in [-0.39, 0.29) is 23.8 Å². The second-order valence-corrected chi connectivity index (χ2v) is 6.87. The van der Waals surface area contributed by atoms with Crippen LogP contribution in [0.1, 0.15) is 32.0 Å². The van der Waals surface area contributed by atoms with E-state index in [1.807, 2.05) is 0 Å². The zero-order valence-electron chi connectivity index (χ0n) is 16.2. The fraction of sp³-hybridized carbons (Fsp3) is 0.200. The number of halogens is 4. The first kappa shape index (κ1) is 22.3. The summed E-state index contributed by atoms with van der Waals surface area (Å²) < 4.78 is 41.1. The van der Waals surface area contributed by atoms with E-state index in [1.165, 1.54) is 6.20 Å². The third-order valence-corrected chi connectivity index (χ3v) is 4.62. The lowest BCUT2D eigenvalue weighted by molar-refractivity contribution is -0.141. The number of aromatic nitrogens is 3. The highest BCUT2D eigenvalue weighted by Gasteiger charge is 2.39. The Morgan fingerprint density at radius 2 is 1.74 bits per heavy atom. The molecule has 2 amide bonds. The predicted octanol–water partition coefficient (Wildman–Crippen LogP) is 3.41. The Labute approximate surface area is 180 Å². The lowest BCUT2D eigenvalue weighted by Gasteiger charge is -2.09. The number of aryl methyl sites for hydroxylation is 1. The summed E-state index contributed by atoms with van der Waals surface area (Å²) in [6.45, 7) is 1.61. The monoisotopic (exact) mass is 451 g/mol. The van der Waals surface area contributed by atoms with Gasteiger partial charge in [0, 0.05) is 25.5 Å². The number of carbonyl (C=O) groups is 2. The smallest absolute Gasteiger partial charge is 0.350 e. The number of amides is 2. The summed E-state index contributed by atoms with van der Waals surface area (Å²) in [6.07, 6.45) is -2.48. The molecule has 162 valence electrons. The molecule has 0 radical (unpaired) electrons. The van der Waals surface area contributed by atoms with E-state index >= 15 is 0 Å². The van der Waals surface area contributed by atoms with E-state index in [4.69, 9.17) is 11.6 Å². The van der Waals surface area contributed by atoms with Crippen molar-refractivity contribution in [2.24, 2.45) is 0 Å². The van der Waals surface area contributed by atoms with Crippen molar-refractivity contribution >= 4 is 23.4 Å². The van der Waals surface area contributed by atoms with E-state index in [0.29, 0.717) is 11.3 Å². The highest BCUT2D eigenvalue weighted by atomic mass is 35.5. The standard InChI is InChI=1S/C20H17ClF3N5O2/c1-12-9-13(10-27-17(12)21)18(30)25-7-8-26-19(31)15-11-29(14-5-3-2-4-6-14)28-16(15)20(22,23)24/h2-6,9-11H,7-8H2,1H3,(H,25,30)(H,26,31). The summed E-state index contributed by atoms with van der Waals surface area (Å²) >= 11 is 5.81. The highest BCUT2D eigenvalue weighted by molar-refractivity contribution is 6.30. The lowest BCUT2D eigenvalue weighted by Crippen LogP contribution is -2.35. The number of alkyl halides is 3. The molecule has 0 saturated heterocycles. The van der Waals surface area contributed by atoms with Crippen LogP contribution < -0.4 is 10.6 Å². The van der Waals surface area contributed by atoms with Crippen LogP contribution in [0.15, 0.2) is 48.8 Å². The zero-order chi connectivity index (χ0) is 22.6. The average Bonchev–Trinajstić information content (AvgIpc) is 3.20. The molecule has 11 heteroatoms. The topological polar surface area (TPSA) is 88.9 Å². The molecule has 2 aromatic heterocycles. The maximum absolute atomic E-state index is 13.4. The van der Waals surface area contributed by atoms with Gasteiger partial charge in [-0.15, -0.1) is 0 Å². The Bertz CT molecular complexity index is 1100. The van der Waals surface area contributed by atoms with E-state index in [9.17, 15) is 22.8 Å². The van der Waals surface area contributed by atoms with Crippen molar-refractivity contribution in [3.63, 3.8) is 0 Å². The van der Waals surface area contributed by atoms with Gasteiger partial charge in [0.2, 0.25) is 0 Å². The van der Waals surface area contributed by atoms with Gasteiger partial charge in [0.25, 0.3) is 11.8 Å². The Balaban J connectivity index is 1.64. The van der Waals surface area contributed by atoms with Crippen LogP contribution >= 0.6 is 11.6 Å². The third kappa shape index (κ3) is 5.40. The molecule has 0 atom stereocenters. The molecule has 0 aliphatic heterocycles. The Kier molecular flexibility index (Phi) is 6.59. The van der Waals surface area contributed by atoms with E-state index in [2.05, 4.69) is 20.7 Å². The zero-order valence-corrected chi connectivity index (χ0v) is 17.0. The van der Waals surface area contributed by atoms with Gasteiger partial charge in [-0.3, -0.25) is 9.59 Å². The molecular formula is C20H17ClF3N5O2. The Morgan fingerprint density at radius 1 is 1.10 bits per heavy atom. The summed E-state index contributed by atoms with van der Waals surface area (Å²) in [4.78, 5) is 28.3. The van der Waals surface area contributed by atoms with Crippen LogP contribution in [-0.4, -0.2) is 39.7 Å². The number of pyridine rings is 1. The van der Waals surface area contributed by atoms with Crippen molar-refractivity contribution in [2.45, 2.75) is 13.1 Å². The number of benzene rings is 1. The van der Waals surface area contributed by atoms with Crippen LogP contribution in [0.25, 0.3) is 5.69 Å². The molecule has 3 aromatic rings. The van der Waals surface area contributed by atoms with Crippen molar-refractivity contribution in [1.82, 2.24) is 25.4 Å². The molecule has 3 rings (SSSR count). The minimum atomic E-state index is -4.81. The molecule has 0 saturated carbocycles. The molecular weight excluding hydrogens is 435 g/mol. The van der Waals surface area contributed by atoms with Crippen molar-refractivity contribution in [2.75, 3.05) is 13.1 Å². The second-order valence-electron chi connectivity index (χ2n) is 6.51. The molecule has 7 nitrogen and oxygen atoms in total. The van der Waals surface area contributed by atoms with Crippen LogP contribution in [0, 0.1) is 6.92 Å². The fourth-order valence-corrected chi connectivity index (χ4v) is 2.80. The van der Waals surface area contributed by atoms with Gasteiger partial charge in [0.1, 0.15) is 5.15 Å². The van der Waals surface area contributed by atoms with E-state index in [0.717, 1.165) is 10.9 Å². The van der Waals surface area contributed by atoms with Gasteiger partial charge in [-0.2, -0.15) is 18.3 Å². The van der Waals surface area contributed by atoms with Gasteiger partial charge in [-0.25, -0.2) is 9.67 Å². The molecule has 1 aromatic carbocycles. The van der Waals surface area contributed by atoms with Gasteiger partial charge in [-0.05, 0) is 30.7 Å². The molecule has 0 aliphatic rings. The van der Waals surface area contributed by atoms with Crippen molar-refractivity contribution in [1.29, 1.82) is 0 Å². The predicted molar refractivity (Wildman–Crippen MR) is 107 cm³/mol. The lowest BCUT2D eigenvalue weighted by atomic mass is 10.2. The van der Waals surface area contributed by atoms with Crippen LogP contribution in [0.5, 0.6) is 0 Å². The molecule has 0 unspecified atom stereocenters. The van der Waals surface area contributed by atoms with Gasteiger partial charge in [0.05, 0.1) is 16.8 Å². The molecule has 2 N–H and O–H groups in total. The molecule has 0 bridgehead atoms. The van der Waals surface area contributed by atoms with Crippen LogP contribution in [-0.2, 0) is 6.18 Å². The highest BCUT2D eigenvalue weighted by Crippen LogP contribution is 2.31. The molecule has 0 fully saturated rings. The number of nitrogens with one attached hydrogen (secondary N) is 2. The van der Waals surface area contributed by atoms with Crippen LogP contribution in [0.4, 0.5) is 13.2 Å². The van der Waals surface area contributed by atoms with Gasteiger partial charge in [0.15, 0.2) is 5.69 Å². The maximum Gasteiger partial charge on any atom is 0.435 e. The summed E-state index contributed by atoms with van der Waals surface area (Å²) in [5.74, 6) is -1.40.